The largest absolute Gasteiger partial charge is 0.465 e. The van der Waals surface area contributed by atoms with Crippen LogP contribution in [0.25, 0.3) is 0 Å². The summed E-state index contributed by atoms with van der Waals surface area (Å²) in [5.41, 5.74) is 0.890. The highest BCUT2D eigenvalue weighted by atomic mass is 79.9. The zero-order chi connectivity index (χ0) is 10.6. The van der Waals surface area contributed by atoms with Crippen molar-refractivity contribution in [2.24, 2.45) is 0 Å². The molecule has 0 atom stereocenters. The molecule has 0 aliphatic carbocycles. The van der Waals surface area contributed by atoms with E-state index >= 15 is 0 Å². The van der Waals surface area contributed by atoms with Gasteiger partial charge in [-0.2, -0.15) is 0 Å². The van der Waals surface area contributed by atoms with Crippen molar-refractivity contribution in [3.63, 3.8) is 0 Å². The minimum Gasteiger partial charge on any atom is -0.465 e. The molecule has 1 aromatic heterocycles. The summed E-state index contributed by atoms with van der Waals surface area (Å²) in [6, 6.07) is 3.77. The van der Waals surface area contributed by atoms with Crippen LogP contribution in [-0.4, -0.2) is 34.7 Å². The average molecular weight is 259 g/mol. The molecule has 1 aromatic rings. The molecular formula is C9H11BrN2O2. The van der Waals surface area contributed by atoms with Crippen LogP contribution in [-0.2, 0) is 6.42 Å². The van der Waals surface area contributed by atoms with E-state index in [1.54, 1.807) is 13.2 Å². The Hall–Kier alpha value is -1.10. The Morgan fingerprint density at radius 3 is 2.86 bits per heavy atom. The second-order valence-electron chi connectivity index (χ2n) is 2.92. The normalized spacial score (nSPS) is 9.86. The third kappa shape index (κ3) is 3.33. The van der Waals surface area contributed by atoms with Crippen molar-refractivity contribution in [1.29, 1.82) is 0 Å². The number of rotatable bonds is 3. The van der Waals surface area contributed by atoms with Crippen LogP contribution in [0.2, 0.25) is 0 Å². The highest BCUT2D eigenvalue weighted by Gasteiger charge is 2.04. The maximum absolute atomic E-state index is 10.5. The molecule has 0 fully saturated rings. The molecule has 0 bridgehead atoms. The van der Waals surface area contributed by atoms with Gasteiger partial charge in [-0.15, -0.1) is 0 Å². The molecule has 4 nitrogen and oxygen atoms in total. The summed E-state index contributed by atoms with van der Waals surface area (Å²) < 4.78 is 0.924. The first kappa shape index (κ1) is 11.0. The number of hydrogen-bond acceptors (Lipinski definition) is 2. The molecule has 0 aliphatic rings. The Kier molecular flexibility index (Phi) is 3.88. The topological polar surface area (TPSA) is 53.4 Å². The molecule has 1 N–H and O–H groups in total. The summed E-state index contributed by atoms with van der Waals surface area (Å²) in [6.07, 6.45) is 1.42. The fourth-order valence-corrected chi connectivity index (χ4v) is 1.17. The molecule has 0 radical (unpaired) electrons. The molecule has 0 unspecified atom stereocenters. The quantitative estimate of drug-likeness (QED) is 0.903. The number of carbonyl (C=O) groups is 1. The molecule has 1 amide bonds. The van der Waals surface area contributed by atoms with Crippen molar-refractivity contribution in [2.75, 3.05) is 13.6 Å². The predicted octanol–water partition coefficient (Wildman–Crippen LogP) is 2.00. The van der Waals surface area contributed by atoms with Gasteiger partial charge in [0, 0.05) is 36.4 Å². The molecule has 76 valence electrons. The van der Waals surface area contributed by atoms with Crippen LogP contribution in [0, 0.1) is 0 Å². The number of nitrogens with zero attached hydrogens (tertiary/aromatic N) is 2. The van der Waals surface area contributed by atoms with E-state index in [0.29, 0.717) is 13.0 Å². The summed E-state index contributed by atoms with van der Waals surface area (Å²) in [7, 11) is 1.54. The lowest BCUT2D eigenvalue weighted by Crippen LogP contribution is -2.27. The monoisotopic (exact) mass is 258 g/mol. The third-order valence-corrected chi connectivity index (χ3v) is 2.29. The number of amides is 1. The first-order valence-corrected chi connectivity index (χ1v) is 4.93. The molecule has 0 aromatic carbocycles. The van der Waals surface area contributed by atoms with Crippen molar-refractivity contribution in [3.8, 4) is 0 Å². The minimum atomic E-state index is -0.915. The minimum absolute atomic E-state index is 0.462. The summed E-state index contributed by atoms with van der Waals surface area (Å²) in [5.74, 6) is 0. The lowest BCUT2D eigenvalue weighted by Gasteiger charge is -2.11. The van der Waals surface area contributed by atoms with E-state index in [9.17, 15) is 4.79 Å². The van der Waals surface area contributed by atoms with E-state index in [4.69, 9.17) is 5.11 Å². The molecule has 1 heterocycles. The molecular weight excluding hydrogens is 248 g/mol. The Labute approximate surface area is 90.7 Å². The van der Waals surface area contributed by atoms with Crippen molar-refractivity contribution in [1.82, 2.24) is 9.88 Å². The van der Waals surface area contributed by atoms with Crippen LogP contribution < -0.4 is 0 Å². The van der Waals surface area contributed by atoms with Crippen molar-refractivity contribution < 1.29 is 9.90 Å². The van der Waals surface area contributed by atoms with Crippen LogP contribution in [0.15, 0.2) is 22.8 Å². The SMILES string of the molecule is CN(CCc1ccc(Br)cn1)C(=O)O. The van der Waals surface area contributed by atoms with E-state index in [-0.39, 0.29) is 0 Å². The van der Waals surface area contributed by atoms with Gasteiger partial charge in [0.25, 0.3) is 0 Å². The number of hydrogen-bond donors (Lipinski definition) is 1. The lowest BCUT2D eigenvalue weighted by atomic mass is 10.2. The third-order valence-electron chi connectivity index (χ3n) is 1.82. The fraction of sp³-hybridized carbons (Fsp3) is 0.333. The van der Waals surface area contributed by atoms with E-state index in [1.165, 1.54) is 4.90 Å². The number of likely N-dealkylation sites (N-methyl/N-ethyl adjacent to an activating group) is 1. The smallest absolute Gasteiger partial charge is 0.407 e. The summed E-state index contributed by atoms with van der Waals surface area (Å²) in [6.45, 7) is 0.462. The predicted molar refractivity (Wildman–Crippen MR) is 56.3 cm³/mol. The van der Waals surface area contributed by atoms with Gasteiger partial charge >= 0.3 is 6.09 Å². The Balaban J connectivity index is 2.46. The van der Waals surface area contributed by atoms with Crippen LogP contribution in [0.1, 0.15) is 5.69 Å². The standard InChI is InChI=1S/C9H11BrN2O2/c1-12(9(13)14)5-4-8-3-2-7(10)6-11-8/h2-3,6H,4-5H2,1H3,(H,13,14). The molecule has 0 saturated carbocycles. The van der Waals surface area contributed by atoms with E-state index in [0.717, 1.165) is 10.2 Å². The highest BCUT2D eigenvalue weighted by molar-refractivity contribution is 9.10. The van der Waals surface area contributed by atoms with E-state index in [2.05, 4.69) is 20.9 Å². The first-order chi connectivity index (χ1) is 6.59. The van der Waals surface area contributed by atoms with Crippen molar-refractivity contribution in [3.05, 3.63) is 28.5 Å². The van der Waals surface area contributed by atoms with E-state index < -0.39 is 6.09 Å². The molecule has 0 spiro atoms. The van der Waals surface area contributed by atoms with Gasteiger partial charge in [-0.25, -0.2) is 4.79 Å². The van der Waals surface area contributed by atoms with E-state index in [1.807, 2.05) is 12.1 Å². The number of carboxylic acid groups (broad SMARTS) is 1. The van der Waals surface area contributed by atoms with Crippen LogP contribution in [0.5, 0.6) is 0 Å². The number of pyridine rings is 1. The van der Waals surface area contributed by atoms with Crippen LogP contribution in [0.4, 0.5) is 4.79 Å². The van der Waals surface area contributed by atoms with Crippen LogP contribution in [0.3, 0.4) is 0 Å². The Morgan fingerprint density at radius 1 is 1.64 bits per heavy atom. The zero-order valence-electron chi connectivity index (χ0n) is 7.77. The van der Waals surface area contributed by atoms with Crippen molar-refractivity contribution >= 4 is 22.0 Å². The van der Waals surface area contributed by atoms with Gasteiger partial charge in [0.2, 0.25) is 0 Å². The maximum Gasteiger partial charge on any atom is 0.407 e. The summed E-state index contributed by atoms with van der Waals surface area (Å²) in [4.78, 5) is 15.9. The second-order valence-corrected chi connectivity index (χ2v) is 3.84. The Morgan fingerprint density at radius 2 is 2.36 bits per heavy atom. The average Bonchev–Trinajstić information content (AvgIpc) is 2.16. The van der Waals surface area contributed by atoms with Gasteiger partial charge in [-0.1, -0.05) is 0 Å². The van der Waals surface area contributed by atoms with Gasteiger partial charge in [-0.05, 0) is 28.1 Å². The van der Waals surface area contributed by atoms with Gasteiger partial charge in [0.1, 0.15) is 0 Å². The van der Waals surface area contributed by atoms with Crippen LogP contribution >= 0.6 is 15.9 Å². The number of aromatic nitrogens is 1. The highest BCUT2D eigenvalue weighted by Crippen LogP contribution is 2.07. The summed E-state index contributed by atoms with van der Waals surface area (Å²) >= 11 is 3.28. The molecule has 0 saturated heterocycles. The van der Waals surface area contributed by atoms with Gasteiger partial charge < -0.3 is 10.0 Å². The number of halogens is 1. The zero-order valence-corrected chi connectivity index (χ0v) is 9.36. The molecule has 1 rings (SSSR count). The molecule has 5 heteroatoms. The first-order valence-electron chi connectivity index (χ1n) is 4.14. The fourth-order valence-electron chi connectivity index (χ4n) is 0.932. The lowest BCUT2D eigenvalue weighted by molar-refractivity contribution is 0.156. The van der Waals surface area contributed by atoms with Gasteiger partial charge in [0.05, 0.1) is 0 Å². The molecule has 14 heavy (non-hydrogen) atoms. The van der Waals surface area contributed by atoms with Gasteiger partial charge in [-0.3, -0.25) is 4.98 Å². The van der Waals surface area contributed by atoms with Gasteiger partial charge in [0.15, 0.2) is 0 Å². The molecule has 0 aliphatic heterocycles. The second kappa shape index (κ2) is 4.95. The summed E-state index contributed by atoms with van der Waals surface area (Å²) in [5, 5.41) is 8.60. The maximum atomic E-state index is 10.5. The van der Waals surface area contributed by atoms with Crippen molar-refractivity contribution in [2.45, 2.75) is 6.42 Å². The Bertz CT molecular complexity index is 313.